The van der Waals surface area contributed by atoms with E-state index in [4.69, 9.17) is 0 Å². The van der Waals surface area contributed by atoms with Crippen LogP contribution in [0, 0.1) is 6.92 Å². The second kappa shape index (κ2) is 5.09. The number of hydrogen-bond donors (Lipinski definition) is 2. The van der Waals surface area contributed by atoms with Crippen molar-refractivity contribution in [3.63, 3.8) is 0 Å². The fraction of sp³-hybridized carbons (Fsp3) is 0.562. The number of hydrogen-bond acceptors (Lipinski definition) is 3. The summed E-state index contributed by atoms with van der Waals surface area (Å²) in [6.45, 7) is 1.79. The lowest BCUT2D eigenvalue weighted by atomic mass is 9.97. The van der Waals surface area contributed by atoms with Gasteiger partial charge in [0.25, 0.3) is 5.91 Å². The Morgan fingerprint density at radius 1 is 1.30 bits per heavy atom. The number of aromatic hydroxyl groups is 1. The van der Waals surface area contributed by atoms with Gasteiger partial charge in [-0.2, -0.15) is 0 Å². The Balaban J connectivity index is 1.78. The molecule has 2 aliphatic heterocycles. The maximum atomic E-state index is 12.6. The van der Waals surface area contributed by atoms with Gasteiger partial charge < -0.3 is 15.3 Å². The van der Waals surface area contributed by atoms with Gasteiger partial charge in [-0.25, -0.2) is 0 Å². The number of phenolic OH excluding ortho intramolecular Hbond substituents is 1. The van der Waals surface area contributed by atoms with Crippen LogP contribution >= 0.6 is 0 Å². The van der Waals surface area contributed by atoms with Crippen LogP contribution in [-0.4, -0.2) is 41.1 Å². The average Bonchev–Trinajstić information content (AvgIpc) is 2.79. The van der Waals surface area contributed by atoms with Crippen molar-refractivity contribution in [3.8, 4) is 5.75 Å². The fourth-order valence-corrected chi connectivity index (χ4v) is 3.55. The highest BCUT2D eigenvalue weighted by molar-refractivity contribution is 5.96. The average molecular weight is 274 g/mol. The first-order valence-corrected chi connectivity index (χ1v) is 7.38. The molecule has 2 bridgehead atoms. The summed E-state index contributed by atoms with van der Waals surface area (Å²) in [5.74, 6) is 0.208. The molecule has 0 spiro atoms. The zero-order valence-electron chi connectivity index (χ0n) is 12.1. The van der Waals surface area contributed by atoms with Gasteiger partial charge >= 0.3 is 0 Å². The molecular formula is C16H22N2O2. The zero-order chi connectivity index (χ0) is 14.3. The van der Waals surface area contributed by atoms with Gasteiger partial charge in [-0.1, -0.05) is 6.07 Å². The van der Waals surface area contributed by atoms with Gasteiger partial charge in [-0.15, -0.1) is 0 Å². The smallest absolute Gasteiger partial charge is 0.254 e. The lowest BCUT2D eigenvalue weighted by molar-refractivity contribution is 0.0680. The Morgan fingerprint density at radius 2 is 1.95 bits per heavy atom. The number of amides is 1. The normalized spacial score (nSPS) is 28.4. The number of phenols is 1. The largest absolute Gasteiger partial charge is 0.508 e. The lowest BCUT2D eigenvalue weighted by Gasteiger charge is -2.35. The minimum absolute atomic E-state index is 0.0182. The van der Waals surface area contributed by atoms with Crippen LogP contribution in [0.25, 0.3) is 0 Å². The Bertz CT molecular complexity index is 517. The van der Waals surface area contributed by atoms with E-state index >= 15 is 0 Å². The molecule has 2 aliphatic rings. The molecular weight excluding hydrogens is 252 g/mol. The molecule has 108 valence electrons. The number of nitrogens with one attached hydrogen (secondary N) is 1. The molecule has 1 amide bonds. The molecule has 0 radical (unpaired) electrons. The minimum Gasteiger partial charge on any atom is -0.508 e. The molecule has 2 heterocycles. The van der Waals surface area contributed by atoms with Gasteiger partial charge in [-0.3, -0.25) is 4.79 Å². The van der Waals surface area contributed by atoms with Gasteiger partial charge in [0.2, 0.25) is 0 Å². The van der Waals surface area contributed by atoms with E-state index in [0.717, 1.165) is 12.8 Å². The van der Waals surface area contributed by atoms with Crippen LogP contribution in [0.15, 0.2) is 18.2 Å². The summed E-state index contributed by atoms with van der Waals surface area (Å²) in [5, 5.41) is 13.4. The van der Waals surface area contributed by atoms with Crippen LogP contribution in [-0.2, 0) is 0 Å². The number of carbonyl (C=O) groups is 1. The number of piperidine rings is 1. The van der Waals surface area contributed by atoms with Gasteiger partial charge in [0.1, 0.15) is 5.75 Å². The van der Waals surface area contributed by atoms with Crippen LogP contribution in [0.4, 0.5) is 0 Å². The van der Waals surface area contributed by atoms with Crippen molar-refractivity contribution >= 4 is 5.91 Å². The van der Waals surface area contributed by atoms with E-state index in [1.165, 1.54) is 12.8 Å². The van der Waals surface area contributed by atoms with Crippen LogP contribution in [0.1, 0.15) is 41.6 Å². The third-order valence-corrected chi connectivity index (χ3v) is 4.85. The van der Waals surface area contributed by atoms with Crippen LogP contribution in [0.2, 0.25) is 0 Å². The van der Waals surface area contributed by atoms with Crippen molar-refractivity contribution in [2.75, 3.05) is 7.05 Å². The van der Waals surface area contributed by atoms with E-state index in [2.05, 4.69) is 5.32 Å². The van der Waals surface area contributed by atoms with Gasteiger partial charge in [0.05, 0.1) is 0 Å². The first-order valence-electron chi connectivity index (χ1n) is 7.38. The first-order chi connectivity index (χ1) is 9.56. The van der Waals surface area contributed by atoms with Gasteiger partial charge in [0.15, 0.2) is 0 Å². The monoisotopic (exact) mass is 274 g/mol. The van der Waals surface area contributed by atoms with Crippen molar-refractivity contribution in [1.29, 1.82) is 0 Å². The van der Waals surface area contributed by atoms with E-state index in [1.54, 1.807) is 25.1 Å². The van der Waals surface area contributed by atoms with Gasteiger partial charge in [-0.05, 0) is 44.7 Å². The van der Waals surface area contributed by atoms with E-state index < -0.39 is 0 Å². The SMILES string of the molecule is Cc1c(O)cccc1C(=O)N(C)C1CC2CCC(C1)N2. The third kappa shape index (κ3) is 2.29. The molecule has 2 atom stereocenters. The molecule has 4 nitrogen and oxygen atoms in total. The van der Waals surface area contributed by atoms with Crippen molar-refractivity contribution in [2.45, 2.75) is 50.7 Å². The quantitative estimate of drug-likeness (QED) is 0.868. The van der Waals surface area contributed by atoms with E-state index in [1.807, 2.05) is 11.9 Å². The highest BCUT2D eigenvalue weighted by Gasteiger charge is 2.36. The maximum absolute atomic E-state index is 12.6. The molecule has 0 aromatic heterocycles. The Labute approximate surface area is 119 Å². The standard InChI is InChI=1S/C16H22N2O2/c1-10-14(4-3-5-15(10)19)16(20)18(2)13-8-11-6-7-12(9-13)17-11/h3-5,11-13,17,19H,6-9H2,1-2H3. The molecule has 1 aromatic rings. The highest BCUT2D eigenvalue weighted by atomic mass is 16.3. The molecule has 2 fully saturated rings. The Hall–Kier alpha value is -1.55. The molecule has 20 heavy (non-hydrogen) atoms. The molecule has 1 aromatic carbocycles. The fourth-order valence-electron chi connectivity index (χ4n) is 3.55. The molecule has 4 heteroatoms. The van der Waals surface area contributed by atoms with Crippen molar-refractivity contribution in [3.05, 3.63) is 29.3 Å². The van der Waals surface area contributed by atoms with Crippen LogP contribution in [0.5, 0.6) is 5.75 Å². The maximum Gasteiger partial charge on any atom is 0.254 e. The summed E-state index contributed by atoms with van der Waals surface area (Å²) >= 11 is 0. The first kappa shape index (κ1) is 13.4. The number of rotatable bonds is 2. The van der Waals surface area contributed by atoms with E-state index in [9.17, 15) is 9.90 Å². The Kier molecular flexibility index (Phi) is 3.42. The Morgan fingerprint density at radius 3 is 2.60 bits per heavy atom. The summed E-state index contributed by atoms with van der Waals surface area (Å²) in [7, 11) is 1.89. The van der Waals surface area contributed by atoms with Gasteiger partial charge in [0, 0.05) is 36.3 Å². The highest BCUT2D eigenvalue weighted by Crippen LogP contribution is 2.30. The number of nitrogens with zero attached hydrogens (tertiary/aromatic N) is 1. The zero-order valence-corrected chi connectivity index (χ0v) is 12.1. The number of fused-ring (bicyclic) bond motifs is 2. The summed E-state index contributed by atoms with van der Waals surface area (Å²) in [4.78, 5) is 14.5. The summed E-state index contributed by atoms with van der Waals surface area (Å²) in [6.07, 6.45) is 4.54. The van der Waals surface area contributed by atoms with Crippen molar-refractivity contribution < 1.29 is 9.90 Å². The number of benzene rings is 1. The molecule has 0 aliphatic carbocycles. The van der Waals surface area contributed by atoms with Crippen molar-refractivity contribution in [2.24, 2.45) is 0 Å². The predicted molar refractivity (Wildman–Crippen MR) is 77.9 cm³/mol. The van der Waals surface area contributed by atoms with Crippen molar-refractivity contribution in [1.82, 2.24) is 10.2 Å². The third-order valence-electron chi connectivity index (χ3n) is 4.85. The van der Waals surface area contributed by atoms with Crippen LogP contribution in [0.3, 0.4) is 0 Å². The van der Waals surface area contributed by atoms with Crippen LogP contribution < -0.4 is 5.32 Å². The topological polar surface area (TPSA) is 52.6 Å². The summed E-state index contributed by atoms with van der Waals surface area (Å²) in [6, 6.07) is 6.59. The minimum atomic E-state index is 0.0182. The summed E-state index contributed by atoms with van der Waals surface area (Å²) < 4.78 is 0. The molecule has 2 saturated heterocycles. The second-order valence-corrected chi connectivity index (χ2v) is 6.13. The van der Waals surface area contributed by atoms with E-state index in [0.29, 0.717) is 29.3 Å². The molecule has 2 unspecified atom stereocenters. The second-order valence-electron chi connectivity index (χ2n) is 6.13. The molecule has 3 rings (SSSR count). The van der Waals surface area contributed by atoms with E-state index in [-0.39, 0.29) is 11.7 Å². The molecule has 0 saturated carbocycles. The number of carbonyl (C=O) groups excluding carboxylic acids is 1. The summed E-state index contributed by atoms with van der Waals surface area (Å²) in [5.41, 5.74) is 1.28. The predicted octanol–water partition coefficient (Wildman–Crippen LogP) is 2.06. The lowest BCUT2D eigenvalue weighted by Crippen LogP contribution is -2.48. The molecule has 2 N–H and O–H groups in total.